The van der Waals surface area contributed by atoms with E-state index < -0.39 is 5.60 Å². The van der Waals surface area contributed by atoms with Crippen LogP contribution < -0.4 is 0 Å². The molecule has 0 aromatic rings. The van der Waals surface area contributed by atoms with E-state index in [9.17, 15) is 5.11 Å². The second-order valence-electron chi connectivity index (χ2n) is 5.66. The molecule has 0 aromatic carbocycles. The van der Waals surface area contributed by atoms with Gasteiger partial charge in [0, 0.05) is 0 Å². The molecule has 1 nitrogen and oxygen atoms in total. The molecule has 0 amide bonds. The van der Waals surface area contributed by atoms with Gasteiger partial charge < -0.3 is 5.11 Å². The molecule has 0 unspecified atom stereocenters. The second kappa shape index (κ2) is 3.13. The average Bonchev–Trinajstić information content (AvgIpc) is 1.80. The van der Waals surface area contributed by atoms with Crippen molar-refractivity contribution in [1.82, 2.24) is 0 Å². The molecule has 0 fully saturated rings. The summed E-state index contributed by atoms with van der Waals surface area (Å²) in [5.74, 6) is 0. The number of aliphatic hydroxyl groups is 1. The van der Waals surface area contributed by atoms with Crippen LogP contribution in [-0.2, 0) is 0 Å². The summed E-state index contributed by atoms with van der Waals surface area (Å²) < 4.78 is 0. The van der Waals surface area contributed by atoms with Gasteiger partial charge in [-0.3, -0.25) is 0 Å². The fourth-order valence-electron chi connectivity index (χ4n) is 2.42. The van der Waals surface area contributed by atoms with Gasteiger partial charge >= 0.3 is 0 Å². The first-order valence-corrected chi connectivity index (χ1v) is 5.14. The third kappa shape index (κ3) is 2.57. The predicted molar refractivity (Wildman–Crippen MR) is 56.6 cm³/mol. The first-order chi connectivity index (χ1) is 5.72. The molecule has 76 valence electrons. The smallest absolute Gasteiger partial charge is 0.0803 e. The lowest BCUT2D eigenvalue weighted by molar-refractivity contribution is 0.107. The Morgan fingerprint density at radius 3 is 2.23 bits per heavy atom. The minimum Gasteiger partial charge on any atom is -0.386 e. The van der Waals surface area contributed by atoms with E-state index >= 15 is 0 Å². The third-order valence-corrected chi connectivity index (χ3v) is 3.05. The van der Waals surface area contributed by atoms with Crippen LogP contribution in [-0.4, -0.2) is 10.7 Å². The van der Waals surface area contributed by atoms with E-state index in [2.05, 4.69) is 20.8 Å². The Balaban J connectivity index is 2.90. The zero-order valence-electron chi connectivity index (χ0n) is 9.57. The zero-order chi connectivity index (χ0) is 10.3. The summed E-state index contributed by atoms with van der Waals surface area (Å²) in [6, 6.07) is 0. The van der Waals surface area contributed by atoms with E-state index in [1.54, 1.807) is 0 Å². The molecular weight excluding hydrogens is 160 g/mol. The standard InChI is InChI=1S/C12H22O/c1-9-8-11(2,3)7-6-10(9)12(4,5)13/h13H,6-8H2,1-5H3. The van der Waals surface area contributed by atoms with E-state index in [0.717, 1.165) is 12.8 Å². The van der Waals surface area contributed by atoms with Crippen LogP contribution in [0, 0.1) is 5.41 Å². The van der Waals surface area contributed by atoms with Crippen LogP contribution in [0.4, 0.5) is 0 Å². The van der Waals surface area contributed by atoms with Crippen molar-refractivity contribution in [3.63, 3.8) is 0 Å². The topological polar surface area (TPSA) is 20.2 Å². The summed E-state index contributed by atoms with van der Waals surface area (Å²) in [7, 11) is 0. The molecule has 1 rings (SSSR count). The molecule has 1 N–H and O–H groups in total. The molecule has 1 heteroatoms. The maximum absolute atomic E-state index is 9.93. The SMILES string of the molecule is CC1=C(C(C)(C)O)CCC(C)(C)C1. The van der Waals surface area contributed by atoms with Gasteiger partial charge in [-0.2, -0.15) is 0 Å². The number of hydrogen-bond donors (Lipinski definition) is 1. The highest BCUT2D eigenvalue weighted by Gasteiger charge is 2.30. The van der Waals surface area contributed by atoms with E-state index in [-0.39, 0.29) is 0 Å². The maximum atomic E-state index is 9.93. The Labute approximate surface area is 81.9 Å². The summed E-state index contributed by atoms with van der Waals surface area (Å²) >= 11 is 0. The first kappa shape index (κ1) is 10.8. The highest BCUT2D eigenvalue weighted by atomic mass is 16.3. The van der Waals surface area contributed by atoms with Crippen molar-refractivity contribution in [2.75, 3.05) is 0 Å². The lowest BCUT2D eigenvalue weighted by Crippen LogP contribution is -2.29. The van der Waals surface area contributed by atoms with Gasteiger partial charge in [0.05, 0.1) is 5.60 Å². The van der Waals surface area contributed by atoms with Crippen LogP contribution >= 0.6 is 0 Å². The molecular formula is C12H22O. The van der Waals surface area contributed by atoms with Gasteiger partial charge in [0.1, 0.15) is 0 Å². The van der Waals surface area contributed by atoms with Crippen molar-refractivity contribution in [2.45, 2.75) is 59.5 Å². The summed E-state index contributed by atoms with van der Waals surface area (Å²) in [4.78, 5) is 0. The fourth-order valence-corrected chi connectivity index (χ4v) is 2.42. The molecule has 1 aliphatic carbocycles. The minimum absolute atomic E-state index is 0.429. The van der Waals surface area contributed by atoms with Gasteiger partial charge in [-0.05, 0) is 51.0 Å². The molecule has 0 aliphatic heterocycles. The van der Waals surface area contributed by atoms with Crippen molar-refractivity contribution in [3.8, 4) is 0 Å². The number of rotatable bonds is 1. The number of allylic oxidation sites excluding steroid dienone is 1. The average molecular weight is 182 g/mol. The van der Waals surface area contributed by atoms with Crippen LogP contribution in [0.15, 0.2) is 11.1 Å². The lowest BCUT2D eigenvalue weighted by atomic mass is 9.71. The molecule has 0 saturated carbocycles. The Morgan fingerprint density at radius 1 is 1.31 bits per heavy atom. The monoisotopic (exact) mass is 182 g/mol. The van der Waals surface area contributed by atoms with Crippen LogP contribution in [0.25, 0.3) is 0 Å². The van der Waals surface area contributed by atoms with Crippen molar-refractivity contribution in [2.24, 2.45) is 5.41 Å². The lowest BCUT2D eigenvalue weighted by Gasteiger charge is -2.36. The summed E-state index contributed by atoms with van der Waals surface area (Å²) in [5, 5.41) is 9.93. The van der Waals surface area contributed by atoms with Crippen LogP contribution in [0.3, 0.4) is 0 Å². The quantitative estimate of drug-likeness (QED) is 0.617. The maximum Gasteiger partial charge on any atom is 0.0803 e. The summed E-state index contributed by atoms with van der Waals surface area (Å²) in [6.07, 6.45) is 3.39. The largest absolute Gasteiger partial charge is 0.386 e. The number of hydrogen-bond acceptors (Lipinski definition) is 1. The van der Waals surface area contributed by atoms with Gasteiger partial charge in [0.2, 0.25) is 0 Å². The Kier molecular flexibility index (Phi) is 2.59. The van der Waals surface area contributed by atoms with E-state index in [1.807, 2.05) is 13.8 Å². The fraction of sp³-hybridized carbons (Fsp3) is 0.833. The Hall–Kier alpha value is -0.300. The molecule has 0 saturated heterocycles. The Morgan fingerprint density at radius 2 is 1.85 bits per heavy atom. The van der Waals surface area contributed by atoms with Crippen LogP contribution in [0.5, 0.6) is 0 Å². The second-order valence-corrected chi connectivity index (χ2v) is 5.66. The van der Waals surface area contributed by atoms with Gasteiger partial charge in [-0.15, -0.1) is 0 Å². The van der Waals surface area contributed by atoms with Crippen molar-refractivity contribution in [1.29, 1.82) is 0 Å². The van der Waals surface area contributed by atoms with Crippen LogP contribution in [0.2, 0.25) is 0 Å². The van der Waals surface area contributed by atoms with E-state index in [1.165, 1.54) is 17.6 Å². The molecule has 0 spiro atoms. The van der Waals surface area contributed by atoms with Crippen molar-refractivity contribution < 1.29 is 5.11 Å². The molecule has 0 radical (unpaired) electrons. The predicted octanol–water partition coefficient (Wildman–Crippen LogP) is 3.28. The molecule has 13 heavy (non-hydrogen) atoms. The highest BCUT2D eigenvalue weighted by Crippen LogP contribution is 2.41. The van der Waals surface area contributed by atoms with Crippen LogP contribution in [0.1, 0.15) is 53.9 Å². The van der Waals surface area contributed by atoms with Gasteiger partial charge in [-0.25, -0.2) is 0 Å². The molecule has 0 atom stereocenters. The zero-order valence-corrected chi connectivity index (χ0v) is 9.57. The first-order valence-electron chi connectivity index (χ1n) is 5.14. The third-order valence-electron chi connectivity index (χ3n) is 3.05. The molecule has 0 heterocycles. The molecule has 1 aliphatic rings. The van der Waals surface area contributed by atoms with Gasteiger partial charge in [-0.1, -0.05) is 19.4 Å². The normalized spacial score (nSPS) is 23.5. The highest BCUT2D eigenvalue weighted by molar-refractivity contribution is 5.24. The van der Waals surface area contributed by atoms with Gasteiger partial charge in [0.25, 0.3) is 0 Å². The summed E-state index contributed by atoms with van der Waals surface area (Å²) in [5.41, 5.74) is 2.47. The Bertz CT molecular complexity index is 228. The van der Waals surface area contributed by atoms with E-state index in [4.69, 9.17) is 0 Å². The summed E-state index contributed by atoms with van der Waals surface area (Å²) in [6.45, 7) is 10.6. The van der Waals surface area contributed by atoms with Crippen molar-refractivity contribution >= 4 is 0 Å². The van der Waals surface area contributed by atoms with Crippen molar-refractivity contribution in [3.05, 3.63) is 11.1 Å². The minimum atomic E-state index is -0.611. The van der Waals surface area contributed by atoms with E-state index in [0.29, 0.717) is 5.41 Å². The van der Waals surface area contributed by atoms with Gasteiger partial charge in [0.15, 0.2) is 0 Å². The molecule has 0 bridgehead atoms. The molecule has 0 aromatic heterocycles.